The predicted molar refractivity (Wildman–Crippen MR) is 62.2 cm³/mol. The van der Waals surface area contributed by atoms with Crippen LogP contribution in [0.3, 0.4) is 0 Å². The van der Waals surface area contributed by atoms with E-state index in [1.807, 2.05) is 0 Å². The van der Waals surface area contributed by atoms with Crippen LogP contribution in [0.15, 0.2) is 0 Å². The SMILES string of the molecule is FC(CC1=[Si]2CCCN12)C(F)(F)C(F)(F)C(F)(F)C(F)(F)C(F)(F)F. The van der Waals surface area contributed by atoms with Crippen LogP contribution in [0.1, 0.15) is 12.8 Å². The van der Waals surface area contributed by atoms with Gasteiger partial charge in [0.15, 0.2) is 6.17 Å². The Balaban J connectivity index is 2.27. The molecule has 0 aromatic heterocycles. The fraction of sp³-hybridized carbons (Fsp3) is 0.909. The molecule has 1 atom stereocenters. The van der Waals surface area contributed by atoms with E-state index in [1.165, 1.54) is 4.57 Å². The molecular formula is C11H9F12NSi. The minimum atomic E-state index is -7.55. The van der Waals surface area contributed by atoms with Crippen LogP contribution >= 0.6 is 0 Å². The van der Waals surface area contributed by atoms with Gasteiger partial charge in [-0.3, -0.25) is 0 Å². The molecule has 0 radical (unpaired) electrons. The molecule has 2 rings (SSSR count). The molecule has 0 bridgehead atoms. The average molecular weight is 411 g/mol. The Hall–Kier alpha value is -0.953. The molecule has 2 heterocycles. The molecule has 1 fully saturated rings. The van der Waals surface area contributed by atoms with Crippen molar-refractivity contribution in [2.75, 3.05) is 6.54 Å². The molecule has 1 unspecified atom stereocenters. The average Bonchev–Trinajstić information content (AvgIpc) is 2.87. The Kier molecular flexibility index (Phi) is 4.50. The summed E-state index contributed by atoms with van der Waals surface area (Å²) in [6.45, 7) is 0.348. The maximum atomic E-state index is 13.6. The van der Waals surface area contributed by atoms with Crippen LogP contribution in [0.5, 0.6) is 0 Å². The summed E-state index contributed by atoms with van der Waals surface area (Å²) in [5, 5.41) is 0.0186. The van der Waals surface area contributed by atoms with Gasteiger partial charge in [0.25, 0.3) is 0 Å². The Morgan fingerprint density at radius 1 is 0.840 bits per heavy atom. The lowest BCUT2D eigenvalue weighted by molar-refractivity contribution is -0.426. The lowest BCUT2D eigenvalue weighted by Gasteiger charge is -2.38. The molecule has 0 aliphatic carbocycles. The first-order chi connectivity index (χ1) is 11.0. The van der Waals surface area contributed by atoms with Gasteiger partial charge < -0.3 is 4.57 Å². The van der Waals surface area contributed by atoms with Gasteiger partial charge in [-0.05, 0) is 12.5 Å². The summed E-state index contributed by atoms with van der Waals surface area (Å²) < 4.78 is 156. The Labute approximate surface area is 133 Å². The number of rotatable bonds is 6. The van der Waals surface area contributed by atoms with Gasteiger partial charge in [-0.1, -0.05) is 0 Å². The van der Waals surface area contributed by atoms with E-state index < -0.39 is 51.0 Å². The fourth-order valence-corrected chi connectivity index (χ4v) is 5.44. The minimum Gasteiger partial charge on any atom is -0.383 e. The lowest BCUT2D eigenvalue weighted by atomic mass is 9.94. The third-order valence-corrected chi connectivity index (χ3v) is 6.96. The summed E-state index contributed by atoms with van der Waals surface area (Å²) >= 11 is 0. The first-order valence-corrected chi connectivity index (χ1v) is 8.37. The Morgan fingerprint density at radius 2 is 1.36 bits per heavy atom. The molecule has 0 amide bonds. The van der Waals surface area contributed by atoms with Gasteiger partial charge in [0, 0.05) is 18.3 Å². The smallest absolute Gasteiger partial charge is 0.383 e. The molecule has 2 aliphatic rings. The highest BCUT2D eigenvalue weighted by atomic mass is 28.3. The Bertz CT molecular complexity index is 580. The normalized spacial score (nSPS) is 20.9. The van der Waals surface area contributed by atoms with E-state index in [0.29, 0.717) is 19.0 Å². The number of alkyl halides is 12. The minimum absolute atomic E-state index is 0.0186. The van der Waals surface area contributed by atoms with Crippen LogP contribution in [0.2, 0.25) is 6.04 Å². The molecule has 0 N–H and O–H groups in total. The van der Waals surface area contributed by atoms with Crippen molar-refractivity contribution < 1.29 is 52.7 Å². The van der Waals surface area contributed by atoms with Gasteiger partial charge in [0.1, 0.15) is 8.57 Å². The number of fused-ring (bicyclic) bond motifs is 1. The standard InChI is InChI=1S/C11H9F12NSi/c12-5(4-6-24-2-1-3-25(6)24)7(13,14)8(15,16)9(17,18)10(19,20)11(21,22)23/h5H,1-4H2. The first kappa shape index (κ1) is 20.4. The van der Waals surface area contributed by atoms with Crippen LogP contribution in [-0.4, -0.2) is 61.0 Å². The van der Waals surface area contributed by atoms with Gasteiger partial charge in [-0.15, -0.1) is 0 Å². The molecular weight excluding hydrogens is 402 g/mol. The summed E-state index contributed by atoms with van der Waals surface area (Å²) in [5.74, 6) is -28.7. The molecule has 0 saturated carbocycles. The maximum Gasteiger partial charge on any atom is 0.460 e. The van der Waals surface area contributed by atoms with Crippen LogP contribution in [0.4, 0.5) is 52.7 Å². The second-order valence-electron chi connectivity index (χ2n) is 5.66. The van der Waals surface area contributed by atoms with Crippen LogP contribution in [0.25, 0.3) is 0 Å². The highest BCUT2D eigenvalue weighted by Gasteiger charge is 2.88. The van der Waals surface area contributed by atoms with Crippen LogP contribution in [-0.2, 0) is 0 Å². The van der Waals surface area contributed by atoms with E-state index in [1.54, 1.807) is 0 Å². The summed E-state index contributed by atoms with van der Waals surface area (Å²) in [5.41, 5.74) is 0. The third-order valence-electron chi connectivity index (χ3n) is 4.06. The van der Waals surface area contributed by atoms with Crippen molar-refractivity contribution in [1.82, 2.24) is 4.57 Å². The van der Waals surface area contributed by atoms with Crippen LogP contribution in [0, 0.1) is 0 Å². The van der Waals surface area contributed by atoms with Crippen molar-refractivity contribution in [1.29, 1.82) is 0 Å². The monoisotopic (exact) mass is 411 g/mol. The highest BCUT2D eigenvalue weighted by Crippen LogP contribution is 2.58. The predicted octanol–water partition coefficient (Wildman–Crippen LogP) is 4.24. The van der Waals surface area contributed by atoms with Crippen LogP contribution < -0.4 is 0 Å². The highest BCUT2D eigenvalue weighted by molar-refractivity contribution is 6.84. The lowest BCUT2D eigenvalue weighted by Crippen LogP contribution is -2.68. The van der Waals surface area contributed by atoms with E-state index in [0.717, 1.165) is 0 Å². The molecule has 2 aliphatic heterocycles. The first-order valence-electron chi connectivity index (χ1n) is 6.71. The second kappa shape index (κ2) is 5.52. The summed E-state index contributed by atoms with van der Waals surface area (Å²) in [6.07, 6.45) is -12.0. The van der Waals surface area contributed by atoms with E-state index >= 15 is 0 Å². The van der Waals surface area contributed by atoms with Crippen molar-refractivity contribution in [3.8, 4) is 0 Å². The van der Waals surface area contributed by atoms with E-state index in [4.69, 9.17) is 0 Å². The quantitative estimate of drug-likeness (QED) is 0.467. The number of hydrogen-bond donors (Lipinski definition) is 0. The molecule has 146 valence electrons. The molecule has 0 spiro atoms. The molecule has 14 heteroatoms. The number of hydrogen-bond acceptors (Lipinski definition) is 1. The summed E-state index contributed by atoms with van der Waals surface area (Å²) in [7, 11) is -1.50. The van der Waals surface area contributed by atoms with Crippen molar-refractivity contribution in [2.45, 2.75) is 54.9 Å². The van der Waals surface area contributed by atoms with E-state index in [2.05, 4.69) is 0 Å². The topological polar surface area (TPSA) is 3.01 Å². The van der Waals surface area contributed by atoms with Gasteiger partial charge in [0.2, 0.25) is 0 Å². The number of nitrogens with zero attached hydrogens (tertiary/aromatic N) is 1. The zero-order valence-corrected chi connectivity index (χ0v) is 12.9. The van der Waals surface area contributed by atoms with Crippen molar-refractivity contribution in [3.05, 3.63) is 0 Å². The zero-order chi connectivity index (χ0) is 19.6. The summed E-state index contributed by atoms with van der Waals surface area (Å²) in [6, 6.07) is 0.497. The second-order valence-corrected chi connectivity index (χ2v) is 8.17. The molecule has 25 heavy (non-hydrogen) atoms. The summed E-state index contributed by atoms with van der Waals surface area (Å²) in [4.78, 5) is 0. The van der Waals surface area contributed by atoms with Crippen molar-refractivity contribution in [2.24, 2.45) is 0 Å². The van der Waals surface area contributed by atoms with Crippen molar-refractivity contribution in [3.63, 3.8) is 0 Å². The molecule has 1 nitrogen and oxygen atoms in total. The van der Waals surface area contributed by atoms with Gasteiger partial charge in [-0.25, -0.2) is 4.39 Å². The Morgan fingerprint density at radius 3 is 1.76 bits per heavy atom. The van der Waals surface area contributed by atoms with Crippen molar-refractivity contribution >= 4 is 13.9 Å². The van der Waals surface area contributed by atoms with Gasteiger partial charge in [-0.2, -0.15) is 48.3 Å². The molecule has 0 aromatic carbocycles. The maximum absolute atomic E-state index is 13.6. The largest absolute Gasteiger partial charge is 0.460 e. The number of halogens is 12. The molecule has 0 aromatic rings. The van der Waals surface area contributed by atoms with E-state index in [-0.39, 0.29) is 5.29 Å². The molecule has 1 saturated heterocycles. The van der Waals surface area contributed by atoms with E-state index in [9.17, 15) is 52.7 Å². The third kappa shape index (κ3) is 2.74. The van der Waals surface area contributed by atoms with Gasteiger partial charge >= 0.3 is 29.9 Å². The zero-order valence-electron chi connectivity index (χ0n) is 11.9. The fourth-order valence-electron chi connectivity index (χ4n) is 2.54. The van der Waals surface area contributed by atoms with Gasteiger partial charge in [0.05, 0.1) is 0 Å².